The third-order valence-electron chi connectivity index (χ3n) is 3.83. The Kier molecular flexibility index (Phi) is 3.09. The normalized spacial score (nSPS) is 17.2. The first kappa shape index (κ1) is 11.4. The van der Waals surface area contributed by atoms with Gasteiger partial charge in [0.2, 0.25) is 0 Å². The molecule has 92 valence electrons. The second-order valence-corrected chi connectivity index (χ2v) is 5.22. The fourth-order valence-corrected chi connectivity index (χ4v) is 2.77. The Morgan fingerprint density at radius 3 is 2.78 bits per heavy atom. The molecular weight excluding hydrogens is 222 g/mol. The Labute approximate surface area is 107 Å². The number of rotatable bonds is 2. The SMILES string of the molecule is O=C1CCC(Cc2cnc3ccccc3c2)CC1. The van der Waals surface area contributed by atoms with Crippen molar-refractivity contribution in [3.8, 4) is 0 Å². The number of carbonyl (C=O) groups is 1. The lowest BCUT2D eigenvalue weighted by atomic mass is 9.84. The molecule has 1 aliphatic rings. The van der Waals surface area contributed by atoms with E-state index in [0.29, 0.717) is 11.7 Å². The number of hydrogen-bond acceptors (Lipinski definition) is 2. The number of carbonyl (C=O) groups excluding carboxylic acids is 1. The summed E-state index contributed by atoms with van der Waals surface area (Å²) in [6.07, 6.45) is 6.68. The Morgan fingerprint density at radius 2 is 1.94 bits per heavy atom. The van der Waals surface area contributed by atoms with Gasteiger partial charge in [-0.3, -0.25) is 9.78 Å². The van der Waals surface area contributed by atoms with E-state index in [1.54, 1.807) is 0 Å². The smallest absolute Gasteiger partial charge is 0.132 e. The average Bonchev–Trinajstić information content (AvgIpc) is 2.41. The average molecular weight is 239 g/mol. The molecule has 18 heavy (non-hydrogen) atoms. The zero-order chi connectivity index (χ0) is 12.4. The highest BCUT2D eigenvalue weighted by Gasteiger charge is 2.18. The first-order valence-electron chi connectivity index (χ1n) is 6.66. The van der Waals surface area contributed by atoms with E-state index < -0.39 is 0 Å². The van der Waals surface area contributed by atoms with Gasteiger partial charge in [-0.25, -0.2) is 0 Å². The molecule has 2 nitrogen and oxygen atoms in total. The summed E-state index contributed by atoms with van der Waals surface area (Å²) in [6, 6.07) is 10.4. The quantitative estimate of drug-likeness (QED) is 0.802. The molecule has 0 radical (unpaired) electrons. The number of nitrogens with zero attached hydrogens (tertiary/aromatic N) is 1. The number of ketones is 1. The highest BCUT2D eigenvalue weighted by Crippen LogP contribution is 2.25. The Bertz CT molecular complexity index is 566. The van der Waals surface area contributed by atoms with Gasteiger partial charge in [0.25, 0.3) is 0 Å². The molecule has 1 fully saturated rings. The Balaban J connectivity index is 1.76. The van der Waals surface area contributed by atoms with Crippen LogP contribution in [-0.2, 0) is 11.2 Å². The molecule has 1 aromatic carbocycles. The third kappa shape index (κ3) is 2.42. The predicted molar refractivity (Wildman–Crippen MR) is 72.4 cm³/mol. The van der Waals surface area contributed by atoms with Crippen LogP contribution >= 0.6 is 0 Å². The van der Waals surface area contributed by atoms with Gasteiger partial charge >= 0.3 is 0 Å². The van der Waals surface area contributed by atoms with Crippen LogP contribution < -0.4 is 0 Å². The standard InChI is InChI=1S/C16H17NO/c18-15-7-5-12(6-8-15)9-13-10-14-3-1-2-4-16(14)17-11-13/h1-4,10-12H,5-9H2. The van der Waals surface area contributed by atoms with Crippen molar-refractivity contribution < 1.29 is 4.79 Å². The van der Waals surface area contributed by atoms with Crippen molar-refractivity contribution in [3.05, 3.63) is 42.1 Å². The summed E-state index contributed by atoms with van der Waals surface area (Å²) in [7, 11) is 0. The minimum absolute atomic E-state index is 0.433. The molecule has 1 aliphatic carbocycles. The summed E-state index contributed by atoms with van der Waals surface area (Å²) in [5, 5.41) is 1.21. The number of benzene rings is 1. The van der Waals surface area contributed by atoms with Gasteiger partial charge in [0.1, 0.15) is 5.78 Å². The molecular formula is C16H17NO. The second kappa shape index (κ2) is 4.89. The first-order valence-corrected chi connectivity index (χ1v) is 6.66. The number of aromatic nitrogens is 1. The van der Waals surface area contributed by atoms with Crippen LogP contribution in [0.3, 0.4) is 0 Å². The van der Waals surface area contributed by atoms with E-state index >= 15 is 0 Å². The minimum Gasteiger partial charge on any atom is -0.300 e. The van der Waals surface area contributed by atoms with E-state index in [2.05, 4.69) is 17.1 Å². The lowest BCUT2D eigenvalue weighted by molar-refractivity contribution is -0.120. The van der Waals surface area contributed by atoms with Crippen molar-refractivity contribution in [1.29, 1.82) is 0 Å². The van der Waals surface area contributed by atoms with Crippen LogP contribution in [0.5, 0.6) is 0 Å². The molecule has 2 aromatic rings. The van der Waals surface area contributed by atoms with E-state index in [-0.39, 0.29) is 0 Å². The maximum absolute atomic E-state index is 11.2. The number of pyridine rings is 1. The van der Waals surface area contributed by atoms with Crippen LogP contribution in [0.2, 0.25) is 0 Å². The molecule has 0 N–H and O–H groups in total. The van der Waals surface area contributed by atoms with Crippen LogP contribution in [-0.4, -0.2) is 10.8 Å². The topological polar surface area (TPSA) is 30.0 Å². The third-order valence-corrected chi connectivity index (χ3v) is 3.83. The van der Waals surface area contributed by atoms with Gasteiger partial charge < -0.3 is 0 Å². The summed E-state index contributed by atoms with van der Waals surface area (Å²) in [5.74, 6) is 1.09. The summed E-state index contributed by atoms with van der Waals surface area (Å²) < 4.78 is 0. The zero-order valence-electron chi connectivity index (χ0n) is 10.4. The van der Waals surface area contributed by atoms with Gasteiger partial charge in [0.05, 0.1) is 5.52 Å². The number of hydrogen-bond donors (Lipinski definition) is 0. The molecule has 2 heteroatoms. The maximum atomic E-state index is 11.2. The largest absolute Gasteiger partial charge is 0.300 e. The second-order valence-electron chi connectivity index (χ2n) is 5.22. The van der Waals surface area contributed by atoms with E-state index in [0.717, 1.165) is 37.6 Å². The van der Waals surface area contributed by atoms with Gasteiger partial charge in [0.15, 0.2) is 0 Å². The Morgan fingerprint density at radius 1 is 1.17 bits per heavy atom. The lowest BCUT2D eigenvalue weighted by Gasteiger charge is -2.20. The van der Waals surface area contributed by atoms with E-state index in [1.807, 2.05) is 24.4 Å². The number of Topliss-reactive ketones (excluding diaryl/α,β-unsaturated/α-hetero) is 1. The maximum Gasteiger partial charge on any atom is 0.132 e. The molecule has 1 aromatic heterocycles. The molecule has 3 rings (SSSR count). The van der Waals surface area contributed by atoms with E-state index in [1.165, 1.54) is 10.9 Å². The number of para-hydroxylation sites is 1. The van der Waals surface area contributed by atoms with Crippen molar-refractivity contribution in [2.24, 2.45) is 5.92 Å². The molecule has 0 spiro atoms. The van der Waals surface area contributed by atoms with Crippen LogP contribution in [0, 0.1) is 5.92 Å². The molecule has 0 bridgehead atoms. The molecule has 1 saturated carbocycles. The highest BCUT2D eigenvalue weighted by atomic mass is 16.1. The van der Waals surface area contributed by atoms with Crippen molar-refractivity contribution in [1.82, 2.24) is 4.98 Å². The lowest BCUT2D eigenvalue weighted by Crippen LogP contribution is -2.15. The molecule has 0 aliphatic heterocycles. The van der Waals surface area contributed by atoms with Gasteiger partial charge in [-0.15, -0.1) is 0 Å². The van der Waals surface area contributed by atoms with Crippen molar-refractivity contribution in [3.63, 3.8) is 0 Å². The van der Waals surface area contributed by atoms with Gasteiger partial charge in [-0.1, -0.05) is 18.2 Å². The summed E-state index contributed by atoms with van der Waals surface area (Å²) in [4.78, 5) is 15.7. The molecule has 1 heterocycles. The van der Waals surface area contributed by atoms with Crippen molar-refractivity contribution in [2.45, 2.75) is 32.1 Å². The molecule has 0 unspecified atom stereocenters. The van der Waals surface area contributed by atoms with Crippen LogP contribution in [0.25, 0.3) is 10.9 Å². The number of fused-ring (bicyclic) bond motifs is 1. The zero-order valence-corrected chi connectivity index (χ0v) is 10.4. The molecule has 0 amide bonds. The summed E-state index contributed by atoms with van der Waals surface area (Å²) in [5.41, 5.74) is 2.35. The van der Waals surface area contributed by atoms with Crippen LogP contribution in [0.15, 0.2) is 36.5 Å². The van der Waals surface area contributed by atoms with E-state index in [9.17, 15) is 4.79 Å². The molecule has 0 atom stereocenters. The first-order chi connectivity index (χ1) is 8.81. The van der Waals surface area contributed by atoms with E-state index in [4.69, 9.17) is 0 Å². The minimum atomic E-state index is 0.433. The predicted octanol–water partition coefficient (Wildman–Crippen LogP) is 3.54. The van der Waals surface area contributed by atoms with Crippen LogP contribution in [0.4, 0.5) is 0 Å². The van der Waals surface area contributed by atoms with Gasteiger partial charge in [0, 0.05) is 24.4 Å². The van der Waals surface area contributed by atoms with Crippen molar-refractivity contribution in [2.75, 3.05) is 0 Å². The monoisotopic (exact) mass is 239 g/mol. The summed E-state index contributed by atoms with van der Waals surface area (Å²) >= 11 is 0. The van der Waals surface area contributed by atoms with Gasteiger partial charge in [-0.2, -0.15) is 0 Å². The fraction of sp³-hybridized carbons (Fsp3) is 0.375. The summed E-state index contributed by atoms with van der Waals surface area (Å²) in [6.45, 7) is 0. The molecule has 0 saturated heterocycles. The highest BCUT2D eigenvalue weighted by molar-refractivity contribution is 5.79. The van der Waals surface area contributed by atoms with Gasteiger partial charge in [-0.05, 0) is 42.9 Å². The Hall–Kier alpha value is -1.70. The fourth-order valence-electron chi connectivity index (χ4n) is 2.77. The van der Waals surface area contributed by atoms with Crippen LogP contribution in [0.1, 0.15) is 31.2 Å². The van der Waals surface area contributed by atoms with Crippen molar-refractivity contribution >= 4 is 16.7 Å².